The lowest BCUT2D eigenvalue weighted by atomic mass is 10.1. The Balaban J connectivity index is 2.02. The zero-order chi connectivity index (χ0) is 15.4. The zero-order valence-electron chi connectivity index (χ0n) is 11.7. The van der Waals surface area contributed by atoms with Crippen LogP contribution in [0.3, 0.4) is 0 Å². The second kappa shape index (κ2) is 6.43. The Kier molecular flexibility index (Phi) is 4.62. The summed E-state index contributed by atoms with van der Waals surface area (Å²) in [4.78, 5) is 26.7. The maximum Gasteiger partial charge on any atom is 0.409 e. The van der Waals surface area contributed by atoms with Gasteiger partial charge in [0.05, 0.1) is 6.61 Å². The highest BCUT2D eigenvalue weighted by molar-refractivity contribution is 5.97. The Morgan fingerprint density at radius 1 is 1.24 bits per heavy atom. The van der Waals surface area contributed by atoms with Crippen molar-refractivity contribution in [2.24, 2.45) is 0 Å². The molecular weight excluding hydrogens is 279 g/mol. The van der Waals surface area contributed by atoms with Crippen LogP contribution in [0.5, 0.6) is 5.75 Å². The summed E-state index contributed by atoms with van der Waals surface area (Å²) in [6, 6.07) is 3.73. The topological polar surface area (TPSA) is 70.1 Å². The Hall–Kier alpha value is -2.31. The van der Waals surface area contributed by atoms with Crippen LogP contribution in [0.2, 0.25) is 0 Å². The minimum Gasteiger partial charge on any atom is -0.507 e. The van der Waals surface area contributed by atoms with Crippen molar-refractivity contribution in [1.29, 1.82) is 0 Å². The first kappa shape index (κ1) is 15.1. The fourth-order valence-corrected chi connectivity index (χ4v) is 2.19. The highest BCUT2D eigenvalue weighted by Gasteiger charge is 2.28. The summed E-state index contributed by atoms with van der Waals surface area (Å²) in [6.45, 7) is 3.19. The number of phenolic OH excluding ortho intramolecular Hbond substituents is 1. The fourth-order valence-electron chi connectivity index (χ4n) is 2.19. The van der Waals surface area contributed by atoms with Crippen molar-refractivity contribution in [2.45, 2.75) is 6.92 Å². The van der Waals surface area contributed by atoms with Gasteiger partial charge in [-0.25, -0.2) is 9.18 Å². The third-order valence-corrected chi connectivity index (χ3v) is 3.30. The molecule has 1 N–H and O–H groups in total. The third-order valence-electron chi connectivity index (χ3n) is 3.30. The number of hydrogen-bond acceptors (Lipinski definition) is 4. The monoisotopic (exact) mass is 296 g/mol. The van der Waals surface area contributed by atoms with Crippen LogP contribution in [-0.2, 0) is 4.74 Å². The molecule has 1 saturated heterocycles. The highest BCUT2D eigenvalue weighted by Crippen LogP contribution is 2.22. The van der Waals surface area contributed by atoms with E-state index in [2.05, 4.69) is 0 Å². The van der Waals surface area contributed by atoms with Gasteiger partial charge in [0.1, 0.15) is 17.1 Å². The molecule has 114 valence electrons. The lowest BCUT2D eigenvalue weighted by Gasteiger charge is -2.34. The molecule has 6 nitrogen and oxygen atoms in total. The molecule has 0 aliphatic carbocycles. The van der Waals surface area contributed by atoms with Gasteiger partial charge in [0.2, 0.25) is 0 Å². The first-order chi connectivity index (χ1) is 10.0. The molecule has 0 saturated carbocycles. The Morgan fingerprint density at radius 2 is 1.86 bits per heavy atom. The van der Waals surface area contributed by atoms with E-state index in [1.54, 1.807) is 6.92 Å². The van der Waals surface area contributed by atoms with Gasteiger partial charge in [-0.05, 0) is 19.1 Å². The number of phenols is 1. The van der Waals surface area contributed by atoms with Crippen molar-refractivity contribution in [3.63, 3.8) is 0 Å². The molecular formula is C14H17FN2O4. The molecule has 1 heterocycles. The number of ether oxygens (including phenoxy) is 1. The van der Waals surface area contributed by atoms with Gasteiger partial charge in [0.25, 0.3) is 5.91 Å². The number of aromatic hydroxyl groups is 1. The standard InChI is InChI=1S/C14H17FN2O4/c1-2-21-14(20)17-8-6-16(7-9-17)13(19)12-10(15)4-3-5-11(12)18/h3-5,18H,2,6-9H2,1H3. The minimum absolute atomic E-state index is 0.269. The predicted molar refractivity (Wildman–Crippen MR) is 72.6 cm³/mol. The second-order valence-electron chi connectivity index (χ2n) is 4.61. The van der Waals surface area contributed by atoms with Crippen LogP contribution in [0.15, 0.2) is 18.2 Å². The smallest absolute Gasteiger partial charge is 0.409 e. The SMILES string of the molecule is CCOC(=O)N1CCN(C(=O)c2c(O)cccc2F)CC1. The molecule has 0 unspecified atom stereocenters. The van der Waals surface area contributed by atoms with Crippen molar-refractivity contribution in [3.05, 3.63) is 29.6 Å². The largest absolute Gasteiger partial charge is 0.507 e. The number of rotatable bonds is 2. The van der Waals surface area contributed by atoms with Gasteiger partial charge in [-0.1, -0.05) is 6.07 Å². The number of hydrogen-bond donors (Lipinski definition) is 1. The number of carbonyl (C=O) groups excluding carboxylic acids is 2. The number of piperazine rings is 1. The van der Waals surface area contributed by atoms with E-state index >= 15 is 0 Å². The van der Waals surface area contributed by atoms with Gasteiger partial charge in [0.15, 0.2) is 0 Å². The first-order valence-corrected chi connectivity index (χ1v) is 6.73. The van der Waals surface area contributed by atoms with E-state index in [0.29, 0.717) is 19.7 Å². The number of benzene rings is 1. The van der Waals surface area contributed by atoms with Crippen LogP contribution in [0.4, 0.5) is 9.18 Å². The van der Waals surface area contributed by atoms with E-state index in [1.165, 1.54) is 21.9 Å². The molecule has 0 aromatic heterocycles. The van der Waals surface area contributed by atoms with Crippen LogP contribution in [0.25, 0.3) is 0 Å². The summed E-state index contributed by atoms with van der Waals surface area (Å²) in [5.74, 6) is -1.71. The van der Waals surface area contributed by atoms with Crippen LogP contribution in [0.1, 0.15) is 17.3 Å². The van der Waals surface area contributed by atoms with E-state index in [9.17, 15) is 19.1 Å². The number of amides is 2. The van der Waals surface area contributed by atoms with Gasteiger partial charge < -0.3 is 19.6 Å². The maximum atomic E-state index is 13.7. The van der Waals surface area contributed by atoms with Crippen LogP contribution in [-0.4, -0.2) is 59.7 Å². The highest BCUT2D eigenvalue weighted by atomic mass is 19.1. The molecule has 0 radical (unpaired) electrons. The number of halogens is 1. The Bertz CT molecular complexity index is 522. The predicted octanol–water partition coefficient (Wildman–Crippen LogP) is 1.45. The minimum atomic E-state index is -0.757. The van der Waals surface area contributed by atoms with Crippen molar-refractivity contribution < 1.29 is 23.8 Å². The van der Waals surface area contributed by atoms with Gasteiger partial charge >= 0.3 is 6.09 Å². The molecule has 1 aliphatic heterocycles. The molecule has 7 heteroatoms. The van der Waals surface area contributed by atoms with E-state index in [0.717, 1.165) is 6.07 Å². The average molecular weight is 296 g/mol. The molecule has 0 atom stereocenters. The number of nitrogens with zero attached hydrogens (tertiary/aromatic N) is 2. The van der Waals surface area contributed by atoms with E-state index in [1.807, 2.05) is 0 Å². The van der Waals surface area contributed by atoms with Crippen LogP contribution in [0, 0.1) is 5.82 Å². The number of carbonyl (C=O) groups is 2. The summed E-state index contributed by atoms with van der Waals surface area (Å²) >= 11 is 0. The molecule has 21 heavy (non-hydrogen) atoms. The summed E-state index contributed by atoms with van der Waals surface area (Å²) in [5, 5.41) is 9.63. The quantitative estimate of drug-likeness (QED) is 0.896. The molecule has 1 aromatic carbocycles. The second-order valence-corrected chi connectivity index (χ2v) is 4.61. The first-order valence-electron chi connectivity index (χ1n) is 6.73. The Labute approximate surface area is 121 Å². The lowest BCUT2D eigenvalue weighted by Crippen LogP contribution is -2.50. The van der Waals surface area contributed by atoms with E-state index in [4.69, 9.17) is 4.74 Å². The van der Waals surface area contributed by atoms with Gasteiger partial charge in [0, 0.05) is 26.2 Å². The average Bonchev–Trinajstić information content (AvgIpc) is 2.47. The normalized spacial score (nSPS) is 15.0. The summed E-state index contributed by atoms with van der Waals surface area (Å²) in [6.07, 6.45) is -0.418. The Morgan fingerprint density at radius 3 is 2.43 bits per heavy atom. The van der Waals surface area contributed by atoms with E-state index in [-0.39, 0.29) is 24.4 Å². The van der Waals surface area contributed by atoms with Crippen LogP contribution < -0.4 is 0 Å². The maximum absolute atomic E-state index is 13.7. The molecule has 1 aliphatic rings. The summed E-state index contributed by atoms with van der Waals surface area (Å²) in [5.41, 5.74) is -0.331. The van der Waals surface area contributed by atoms with Gasteiger partial charge in [-0.2, -0.15) is 0 Å². The zero-order valence-corrected chi connectivity index (χ0v) is 11.7. The molecule has 1 fully saturated rings. The van der Waals surface area contributed by atoms with Crippen LogP contribution >= 0.6 is 0 Å². The van der Waals surface area contributed by atoms with Crippen molar-refractivity contribution in [3.8, 4) is 5.75 Å². The van der Waals surface area contributed by atoms with Gasteiger partial charge in [-0.3, -0.25) is 4.79 Å². The van der Waals surface area contributed by atoms with Crippen molar-refractivity contribution >= 4 is 12.0 Å². The summed E-state index contributed by atoms with van der Waals surface area (Å²) in [7, 11) is 0. The van der Waals surface area contributed by atoms with Crippen molar-refractivity contribution in [1.82, 2.24) is 9.80 Å². The van der Waals surface area contributed by atoms with E-state index < -0.39 is 17.8 Å². The molecule has 2 amide bonds. The molecule has 0 bridgehead atoms. The molecule has 0 spiro atoms. The summed E-state index contributed by atoms with van der Waals surface area (Å²) < 4.78 is 18.6. The molecule has 2 rings (SSSR count). The van der Waals surface area contributed by atoms with Gasteiger partial charge in [-0.15, -0.1) is 0 Å². The molecule has 1 aromatic rings. The van der Waals surface area contributed by atoms with Crippen molar-refractivity contribution in [2.75, 3.05) is 32.8 Å². The third kappa shape index (κ3) is 3.24. The fraction of sp³-hybridized carbons (Fsp3) is 0.429. The lowest BCUT2D eigenvalue weighted by molar-refractivity contribution is 0.0564.